The fraction of sp³-hybridized carbons (Fsp3) is 0.385. The summed E-state index contributed by atoms with van der Waals surface area (Å²) < 4.78 is 43.2. The van der Waals surface area contributed by atoms with Gasteiger partial charge >= 0.3 is 6.18 Å². The Morgan fingerprint density at radius 2 is 2.10 bits per heavy atom. The van der Waals surface area contributed by atoms with Gasteiger partial charge in [0, 0.05) is 18.7 Å². The number of methoxy groups -OCH3 is 1. The zero-order valence-electron chi connectivity index (χ0n) is 11.6. The van der Waals surface area contributed by atoms with Gasteiger partial charge in [-0.3, -0.25) is 5.43 Å². The minimum atomic E-state index is -4.42. The van der Waals surface area contributed by atoms with E-state index in [9.17, 15) is 13.2 Å². The third kappa shape index (κ3) is 6.09. The number of benzene rings is 1. The quantitative estimate of drug-likeness (QED) is 0.497. The maximum Gasteiger partial charge on any atom is 0.417 e. The third-order valence-corrected chi connectivity index (χ3v) is 2.64. The van der Waals surface area contributed by atoms with Crippen molar-refractivity contribution in [2.45, 2.75) is 19.1 Å². The van der Waals surface area contributed by atoms with E-state index in [0.717, 1.165) is 12.3 Å². The topological polar surface area (TPSA) is 45.6 Å². The predicted molar refractivity (Wildman–Crippen MR) is 79.2 cm³/mol. The number of hydrogen-bond donors (Lipinski definition) is 2. The number of thiocarbonyl (C=S) groups is 1. The van der Waals surface area contributed by atoms with Crippen molar-refractivity contribution in [2.24, 2.45) is 5.10 Å². The molecule has 8 heteroatoms. The molecule has 0 aliphatic heterocycles. The first kappa shape index (κ1) is 17.4. The molecule has 0 bridgehead atoms. The smallest absolute Gasteiger partial charge is 0.383 e. The SMILES string of the molecule is COC[C@H](C)NC(=S)N/N=C\c1ccccc1C(F)(F)F. The molecule has 2 N–H and O–H groups in total. The van der Waals surface area contributed by atoms with Crippen LogP contribution in [0.1, 0.15) is 18.1 Å². The molecule has 0 radical (unpaired) electrons. The molecule has 0 spiro atoms. The first-order valence-corrected chi connectivity index (χ1v) is 6.50. The summed E-state index contributed by atoms with van der Waals surface area (Å²) in [5.41, 5.74) is 1.68. The summed E-state index contributed by atoms with van der Waals surface area (Å²) in [6.07, 6.45) is -3.34. The van der Waals surface area contributed by atoms with Crippen molar-refractivity contribution in [2.75, 3.05) is 13.7 Å². The van der Waals surface area contributed by atoms with Crippen molar-refractivity contribution >= 4 is 23.5 Å². The Bertz CT molecular complexity index is 506. The lowest BCUT2D eigenvalue weighted by molar-refractivity contribution is -0.137. The van der Waals surface area contributed by atoms with Crippen LogP contribution < -0.4 is 10.7 Å². The molecule has 1 aromatic rings. The van der Waals surface area contributed by atoms with Crippen molar-refractivity contribution in [1.82, 2.24) is 10.7 Å². The van der Waals surface area contributed by atoms with Crippen molar-refractivity contribution < 1.29 is 17.9 Å². The predicted octanol–water partition coefficient (Wildman–Crippen LogP) is 2.54. The van der Waals surface area contributed by atoms with E-state index in [1.54, 1.807) is 7.11 Å². The van der Waals surface area contributed by atoms with Crippen LogP contribution in [0.15, 0.2) is 29.4 Å². The molecule has 0 fully saturated rings. The van der Waals surface area contributed by atoms with Crippen LogP contribution in [-0.2, 0) is 10.9 Å². The van der Waals surface area contributed by atoms with Crippen LogP contribution in [0.4, 0.5) is 13.2 Å². The summed E-state index contributed by atoms with van der Waals surface area (Å²) in [6.45, 7) is 2.29. The molecule has 0 aliphatic rings. The van der Waals surface area contributed by atoms with Crippen LogP contribution in [-0.4, -0.2) is 31.1 Å². The monoisotopic (exact) mass is 319 g/mol. The van der Waals surface area contributed by atoms with Gasteiger partial charge in [0.1, 0.15) is 0 Å². The fourth-order valence-electron chi connectivity index (χ4n) is 1.58. The van der Waals surface area contributed by atoms with E-state index in [2.05, 4.69) is 15.8 Å². The van der Waals surface area contributed by atoms with Gasteiger partial charge in [0.15, 0.2) is 5.11 Å². The molecule has 0 heterocycles. The second kappa shape index (κ2) is 7.94. The van der Waals surface area contributed by atoms with Gasteiger partial charge in [-0.25, -0.2) is 0 Å². The van der Waals surface area contributed by atoms with E-state index >= 15 is 0 Å². The number of ether oxygens (including phenoxy) is 1. The molecule has 0 aliphatic carbocycles. The van der Waals surface area contributed by atoms with Gasteiger partial charge in [0.05, 0.1) is 18.4 Å². The maximum absolute atomic E-state index is 12.8. The Hall–Kier alpha value is -1.67. The van der Waals surface area contributed by atoms with E-state index in [-0.39, 0.29) is 16.7 Å². The van der Waals surface area contributed by atoms with Crippen LogP contribution in [0.25, 0.3) is 0 Å². The standard InChI is InChI=1S/C13H16F3N3OS/c1-9(8-20-2)18-12(21)19-17-7-10-5-3-4-6-11(10)13(14,15)16/h3-7,9H,8H2,1-2H3,(H2,18,19,21)/b17-7-/t9-/m0/s1. The average molecular weight is 319 g/mol. The summed E-state index contributed by atoms with van der Waals surface area (Å²) in [7, 11) is 1.56. The van der Waals surface area contributed by atoms with Crippen LogP contribution in [0.2, 0.25) is 0 Å². The summed E-state index contributed by atoms with van der Waals surface area (Å²) in [4.78, 5) is 0. The highest BCUT2D eigenvalue weighted by molar-refractivity contribution is 7.80. The van der Waals surface area contributed by atoms with Crippen molar-refractivity contribution in [1.29, 1.82) is 0 Å². The van der Waals surface area contributed by atoms with E-state index < -0.39 is 11.7 Å². The highest BCUT2D eigenvalue weighted by Crippen LogP contribution is 2.30. The van der Waals surface area contributed by atoms with Gasteiger partial charge in [0.25, 0.3) is 0 Å². The number of rotatable bonds is 5. The molecule has 0 amide bonds. The Morgan fingerprint density at radius 1 is 1.43 bits per heavy atom. The number of hydrogen-bond acceptors (Lipinski definition) is 3. The van der Waals surface area contributed by atoms with Gasteiger partial charge < -0.3 is 10.1 Å². The van der Waals surface area contributed by atoms with Crippen LogP contribution in [0.3, 0.4) is 0 Å². The van der Waals surface area contributed by atoms with Crippen LogP contribution in [0.5, 0.6) is 0 Å². The molecule has 116 valence electrons. The lowest BCUT2D eigenvalue weighted by atomic mass is 10.1. The molecule has 1 aromatic carbocycles. The van der Waals surface area contributed by atoms with E-state index in [0.29, 0.717) is 6.61 Å². The molecule has 21 heavy (non-hydrogen) atoms. The Labute approximate surface area is 126 Å². The first-order chi connectivity index (χ1) is 9.84. The largest absolute Gasteiger partial charge is 0.417 e. The second-order valence-corrected chi connectivity index (χ2v) is 4.69. The molecule has 0 unspecified atom stereocenters. The second-order valence-electron chi connectivity index (χ2n) is 4.28. The highest BCUT2D eigenvalue weighted by atomic mass is 32.1. The van der Waals surface area contributed by atoms with Crippen LogP contribution >= 0.6 is 12.2 Å². The Kier molecular flexibility index (Phi) is 6.57. The molecular formula is C13H16F3N3OS. The van der Waals surface area contributed by atoms with Crippen molar-refractivity contribution in [3.63, 3.8) is 0 Å². The van der Waals surface area contributed by atoms with Gasteiger partial charge in [-0.1, -0.05) is 18.2 Å². The third-order valence-electron chi connectivity index (χ3n) is 2.43. The summed E-state index contributed by atoms with van der Waals surface area (Å²) in [5, 5.41) is 6.79. The molecule has 0 saturated carbocycles. The number of alkyl halides is 3. The molecular weight excluding hydrogens is 303 g/mol. The van der Waals surface area contributed by atoms with Gasteiger partial charge in [-0.05, 0) is 25.2 Å². The number of hydrazone groups is 1. The lowest BCUT2D eigenvalue weighted by Crippen LogP contribution is -2.40. The normalized spacial score (nSPS) is 13.2. The maximum atomic E-state index is 12.8. The molecule has 1 rings (SSSR count). The number of halogens is 3. The van der Waals surface area contributed by atoms with E-state index in [1.165, 1.54) is 18.2 Å². The number of nitrogens with zero attached hydrogens (tertiary/aromatic N) is 1. The Balaban J connectivity index is 2.64. The van der Waals surface area contributed by atoms with Crippen molar-refractivity contribution in [3.8, 4) is 0 Å². The lowest BCUT2D eigenvalue weighted by Gasteiger charge is -2.14. The van der Waals surface area contributed by atoms with Crippen LogP contribution in [0, 0.1) is 0 Å². The zero-order valence-corrected chi connectivity index (χ0v) is 12.4. The van der Waals surface area contributed by atoms with Crippen molar-refractivity contribution in [3.05, 3.63) is 35.4 Å². The van der Waals surface area contributed by atoms with Gasteiger partial charge in [-0.15, -0.1) is 0 Å². The average Bonchev–Trinajstić information content (AvgIpc) is 2.38. The minimum absolute atomic E-state index is 0.0346. The summed E-state index contributed by atoms with van der Waals surface area (Å²) in [5.74, 6) is 0. The van der Waals surface area contributed by atoms with Gasteiger partial charge in [-0.2, -0.15) is 18.3 Å². The minimum Gasteiger partial charge on any atom is -0.383 e. The molecule has 0 aromatic heterocycles. The Morgan fingerprint density at radius 3 is 2.71 bits per heavy atom. The first-order valence-electron chi connectivity index (χ1n) is 6.09. The zero-order chi connectivity index (χ0) is 15.9. The van der Waals surface area contributed by atoms with Gasteiger partial charge in [0.2, 0.25) is 0 Å². The summed E-state index contributed by atoms with van der Waals surface area (Å²) in [6, 6.07) is 5.13. The number of nitrogens with one attached hydrogen (secondary N) is 2. The van der Waals surface area contributed by atoms with E-state index in [4.69, 9.17) is 17.0 Å². The molecule has 0 saturated heterocycles. The highest BCUT2D eigenvalue weighted by Gasteiger charge is 2.32. The molecule has 4 nitrogen and oxygen atoms in total. The van der Waals surface area contributed by atoms with E-state index in [1.807, 2.05) is 6.92 Å². The summed E-state index contributed by atoms with van der Waals surface area (Å²) >= 11 is 4.95. The molecule has 1 atom stereocenters. The fourth-order valence-corrected chi connectivity index (χ4v) is 1.83.